The zero-order valence-electron chi connectivity index (χ0n) is 13.8. The van der Waals surface area contributed by atoms with Crippen LogP contribution in [0, 0.1) is 0 Å². The molecule has 0 amide bonds. The normalized spacial score (nSPS) is 14.4. The van der Waals surface area contributed by atoms with Crippen LogP contribution in [0.15, 0.2) is 0 Å². The van der Waals surface area contributed by atoms with Gasteiger partial charge >= 0.3 is 0 Å². The van der Waals surface area contributed by atoms with Crippen LogP contribution in [-0.4, -0.2) is 107 Å². The lowest BCUT2D eigenvalue weighted by Crippen LogP contribution is -2.48. The van der Waals surface area contributed by atoms with Gasteiger partial charge in [-0.3, -0.25) is 4.90 Å². The van der Waals surface area contributed by atoms with Gasteiger partial charge < -0.3 is 19.8 Å². The predicted molar refractivity (Wildman–Crippen MR) is 82.4 cm³/mol. The fraction of sp³-hybridized carbons (Fsp3) is 1.00. The Morgan fingerprint density at radius 1 is 1.05 bits per heavy atom. The van der Waals surface area contributed by atoms with E-state index in [1.807, 2.05) is 14.0 Å². The van der Waals surface area contributed by atoms with Gasteiger partial charge in [0, 0.05) is 32.7 Å². The lowest BCUT2D eigenvalue weighted by atomic mass is 10.3. The van der Waals surface area contributed by atoms with Crippen LogP contribution in [0.2, 0.25) is 0 Å². The second kappa shape index (κ2) is 9.66. The highest BCUT2D eigenvalue weighted by molar-refractivity contribution is 4.59. The molecular formula is C14H35N4O+. The highest BCUT2D eigenvalue weighted by atomic mass is 16.3. The minimum absolute atomic E-state index is 0.243. The molecule has 0 aliphatic carbocycles. The van der Waals surface area contributed by atoms with Crippen LogP contribution in [-0.2, 0) is 0 Å². The number of quaternary nitrogens is 1. The van der Waals surface area contributed by atoms with Gasteiger partial charge in [-0.05, 0) is 28.1 Å². The van der Waals surface area contributed by atoms with E-state index in [1.165, 1.54) is 0 Å². The Hall–Kier alpha value is -0.200. The van der Waals surface area contributed by atoms with E-state index in [2.05, 4.69) is 43.3 Å². The third-order valence-corrected chi connectivity index (χ3v) is 3.49. The number of rotatable bonds is 11. The molecule has 2 N–H and O–H groups in total. The van der Waals surface area contributed by atoms with Crippen molar-refractivity contribution in [1.82, 2.24) is 15.1 Å². The second-order valence-corrected chi connectivity index (χ2v) is 6.40. The summed E-state index contributed by atoms with van der Waals surface area (Å²) in [4.78, 5) is 4.56. The number of likely N-dealkylation sites (N-methyl/N-ethyl adjacent to an activating group) is 4. The van der Waals surface area contributed by atoms with Gasteiger partial charge in [0.05, 0.1) is 33.3 Å². The average molecular weight is 275 g/mol. The van der Waals surface area contributed by atoms with Crippen molar-refractivity contribution in [2.75, 3.05) is 81.1 Å². The van der Waals surface area contributed by atoms with E-state index in [-0.39, 0.29) is 6.10 Å². The average Bonchev–Trinajstić information content (AvgIpc) is 2.31. The van der Waals surface area contributed by atoms with E-state index in [9.17, 15) is 5.11 Å². The minimum Gasteiger partial charge on any atom is -0.392 e. The van der Waals surface area contributed by atoms with Crippen molar-refractivity contribution in [3.8, 4) is 0 Å². The summed E-state index contributed by atoms with van der Waals surface area (Å²) in [5.74, 6) is 0. The molecule has 0 saturated carbocycles. The zero-order chi connectivity index (χ0) is 14.9. The first-order chi connectivity index (χ1) is 8.76. The third kappa shape index (κ3) is 11.3. The number of hydrogen-bond acceptors (Lipinski definition) is 4. The lowest BCUT2D eigenvalue weighted by molar-refractivity contribution is -0.888. The molecule has 0 fully saturated rings. The van der Waals surface area contributed by atoms with Crippen molar-refractivity contribution in [2.24, 2.45) is 0 Å². The van der Waals surface area contributed by atoms with E-state index >= 15 is 0 Å². The van der Waals surface area contributed by atoms with Crippen molar-refractivity contribution < 1.29 is 9.59 Å². The van der Waals surface area contributed by atoms with E-state index in [4.69, 9.17) is 0 Å². The molecule has 5 heteroatoms. The van der Waals surface area contributed by atoms with Crippen LogP contribution >= 0.6 is 0 Å². The summed E-state index contributed by atoms with van der Waals surface area (Å²) >= 11 is 0. The maximum Gasteiger partial charge on any atom is 0.0912 e. The molecule has 0 aliphatic heterocycles. The van der Waals surface area contributed by atoms with Gasteiger partial charge in [0.1, 0.15) is 0 Å². The molecule has 0 aliphatic rings. The predicted octanol–water partition coefficient (Wildman–Crippen LogP) is -0.473. The van der Waals surface area contributed by atoms with Gasteiger partial charge in [-0.2, -0.15) is 0 Å². The molecule has 0 aromatic heterocycles. The van der Waals surface area contributed by atoms with Gasteiger partial charge in [-0.15, -0.1) is 0 Å². The first-order valence-electron chi connectivity index (χ1n) is 7.28. The number of nitrogens with one attached hydrogen (secondary N) is 1. The molecule has 1 unspecified atom stereocenters. The number of hydrogen-bond donors (Lipinski definition) is 2. The monoisotopic (exact) mass is 275 g/mol. The third-order valence-electron chi connectivity index (χ3n) is 3.49. The summed E-state index contributed by atoms with van der Waals surface area (Å²) in [7, 11) is 10.8. The smallest absolute Gasteiger partial charge is 0.0912 e. The zero-order valence-corrected chi connectivity index (χ0v) is 13.8. The molecule has 0 radical (unpaired) electrons. The molecule has 0 heterocycles. The SMILES string of the molecule is CNCC[N+](C)(C)CCN(C)CCN(C)CC(C)O. The summed E-state index contributed by atoms with van der Waals surface area (Å²) < 4.78 is 1.05. The second-order valence-electron chi connectivity index (χ2n) is 6.40. The Kier molecular flexibility index (Phi) is 9.56. The maximum absolute atomic E-state index is 9.32. The molecule has 0 aromatic carbocycles. The molecule has 1 atom stereocenters. The van der Waals surface area contributed by atoms with Crippen LogP contribution in [0.4, 0.5) is 0 Å². The summed E-state index contributed by atoms with van der Waals surface area (Å²) in [5, 5.41) is 12.5. The fourth-order valence-electron chi connectivity index (χ4n) is 1.96. The number of aliphatic hydroxyl groups is 1. The van der Waals surface area contributed by atoms with Crippen LogP contribution in [0.5, 0.6) is 0 Å². The molecule has 0 bridgehead atoms. The van der Waals surface area contributed by atoms with Gasteiger partial charge in [-0.1, -0.05) is 0 Å². The Bertz CT molecular complexity index is 221. The van der Waals surface area contributed by atoms with Crippen molar-refractivity contribution in [3.63, 3.8) is 0 Å². The van der Waals surface area contributed by atoms with E-state index in [0.29, 0.717) is 0 Å². The fourth-order valence-corrected chi connectivity index (χ4v) is 1.96. The summed E-state index contributed by atoms with van der Waals surface area (Å²) in [6.45, 7) is 9.14. The van der Waals surface area contributed by atoms with Crippen LogP contribution in [0.3, 0.4) is 0 Å². The standard InChI is InChI=1S/C14H35N4O/c1-14(19)13-17(4)9-8-16(3)10-12-18(5,6)11-7-15-2/h14-15,19H,7-13H2,1-6H3/q+1. The van der Waals surface area contributed by atoms with E-state index < -0.39 is 0 Å². The molecular weight excluding hydrogens is 240 g/mol. The van der Waals surface area contributed by atoms with Gasteiger partial charge in [-0.25, -0.2) is 0 Å². The Balaban J connectivity index is 3.76. The van der Waals surface area contributed by atoms with Crippen LogP contribution in [0.25, 0.3) is 0 Å². The van der Waals surface area contributed by atoms with Crippen molar-refractivity contribution >= 4 is 0 Å². The quantitative estimate of drug-likeness (QED) is 0.500. The summed E-state index contributed by atoms with van der Waals surface area (Å²) in [6, 6.07) is 0. The largest absolute Gasteiger partial charge is 0.392 e. The van der Waals surface area contributed by atoms with Gasteiger partial charge in [0.15, 0.2) is 0 Å². The molecule has 5 nitrogen and oxygen atoms in total. The first kappa shape index (κ1) is 18.8. The Morgan fingerprint density at radius 3 is 2.16 bits per heavy atom. The highest BCUT2D eigenvalue weighted by Gasteiger charge is 2.15. The van der Waals surface area contributed by atoms with E-state index in [0.717, 1.165) is 50.3 Å². The molecule has 0 aromatic rings. The van der Waals surface area contributed by atoms with Gasteiger partial charge in [0.2, 0.25) is 0 Å². The van der Waals surface area contributed by atoms with Gasteiger partial charge in [0.25, 0.3) is 0 Å². The van der Waals surface area contributed by atoms with Crippen molar-refractivity contribution in [3.05, 3.63) is 0 Å². The van der Waals surface area contributed by atoms with Crippen molar-refractivity contribution in [2.45, 2.75) is 13.0 Å². The summed E-state index contributed by atoms with van der Waals surface area (Å²) in [6.07, 6.45) is -0.243. The van der Waals surface area contributed by atoms with Crippen molar-refractivity contribution in [1.29, 1.82) is 0 Å². The molecule has 0 saturated heterocycles. The van der Waals surface area contributed by atoms with Crippen LogP contribution < -0.4 is 5.32 Å². The summed E-state index contributed by atoms with van der Waals surface area (Å²) in [5.41, 5.74) is 0. The minimum atomic E-state index is -0.243. The molecule has 116 valence electrons. The number of nitrogens with zero attached hydrogens (tertiary/aromatic N) is 3. The topological polar surface area (TPSA) is 38.7 Å². The Labute approximate surface area is 119 Å². The molecule has 0 rings (SSSR count). The molecule has 0 spiro atoms. The Morgan fingerprint density at radius 2 is 1.63 bits per heavy atom. The lowest BCUT2D eigenvalue weighted by Gasteiger charge is -2.32. The maximum atomic E-state index is 9.32. The van der Waals surface area contributed by atoms with E-state index in [1.54, 1.807) is 0 Å². The molecule has 19 heavy (non-hydrogen) atoms. The first-order valence-corrected chi connectivity index (χ1v) is 7.28. The van der Waals surface area contributed by atoms with Crippen LogP contribution in [0.1, 0.15) is 6.92 Å². The highest BCUT2D eigenvalue weighted by Crippen LogP contribution is 1.97. The number of aliphatic hydroxyl groups excluding tert-OH is 1.